The van der Waals surface area contributed by atoms with E-state index >= 15 is 0 Å². The van der Waals surface area contributed by atoms with Gasteiger partial charge >= 0.3 is 5.63 Å². The zero-order chi connectivity index (χ0) is 15.1. The number of fused-ring (bicyclic) bond motifs is 1. The zero-order valence-electron chi connectivity index (χ0n) is 13.2. The van der Waals surface area contributed by atoms with Gasteiger partial charge in [-0.1, -0.05) is 72.6 Å². The molecule has 0 atom stereocenters. The van der Waals surface area contributed by atoms with Crippen LogP contribution in [0.4, 0.5) is 0 Å². The average molecular weight is 264 g/mol. The summed E-state index contributed by atoms with van der Waals surface area (Å²) >= 11 is 0. The molecule has 19 heavy (non-hydrogen) atoms. The summed E-state index contributed by atoms with van der Waals surface area (Å²) in [4.78, 5) is 10.7. The highest BCUT2D eigenvalue weighted by Crippen LogP contribution is 2.08. The van der Waals surface area contributed by atoms with E-state index in [9.17, 15) is 4.79 Å². The molecule has 0 fully saturated rings. The monoisotopic (exact) mass is 264 g/mol. The van der Waals surface area contributed by atoms with Crippen molar-refractivity contribution in [3.05, 3.63) is 46.8 Å². The Hall–Kier alpha value is -1.57. The second-order valence-corrected chi connectivity index (χ2v) is 3.29. The number of rotatable bonds is 1. The van der Waals surface area contributed by atoms with Crippen LogP contribution in [0.2, 0.25) is 0 Å². The van der Waals surface area contributed by atoms with Crippen LogP contribution in [0.5, 0.6) is 0 Å². The highest BCUT2D eigenvalue weighted by atomic mass is 16.4. The lowest BCUT2D eigenvalue weighted by atomic mass is 10.2. The van der Waals surface area contributed by atoms with Crippen molar-refractivity contribution >= 4 is 11.0 Å². The van der Waals surface area contributed by atoms with Crippen molar-refractivity contribution in [1.29, 1.82) is 0 Å². The standard InChI is InChI=1S/C9H6O2.C4H10.2C2H6/c10-9-6-5-7-3-1-2-4-8(7)11-9;1-3-4-2;2*1-2/h1-6H;3-4H2,1-2H3;2*1-2H3. The highest BCUT2D eigenvalue weighted by Gasteiger charge is 1.92. The van der Waals surface area contributed by atoms with Crippen molar-refractivity contribution in [2.75, 3.05) is 0 Å². The zero-order valence-corrected chi connectivity index (χ0v) is 13.2. The summed E-state index contributed by atoms with van der Waals surface area (Å²) < 4.78 is 4.91. The van der Waals surface area contributed by atoms with Gasteiger partial charge in [-0.3, -0.25) is 0 Å². The maximum Gasteiger partial charge on any atom is 0.336 e. The van der Waals surface area contributed by atoms with Crippen LogP contribution < -0.4 is 5.63 Å². The van der Waals surface area contributed by atoms with Gasteiger partial charge in [-0.2, -0.15) is 0 Å². The second-order valence-electron chi connectivity index (χ2n) is 3.29. The molecule has 0 unspecified atom stereocenters. The van der Waals surface area contributed by atoms with Crippen LogP contribution in [0.25, 0.3) is 11.0 Å². The summed E-state index contributed by atoms with van der Waals surface area (Å²) in [7, 11) is 0. The van der Waals surface area contributed by atoms with Crippen molar-refractivity contribution in [2.45, 2.75) is 54.4 Å². The molecule has 1 aromatic carbocycles. The Kier molecular flexibility index (Phi) is 15.1. The first-order valence-corrected chi connectivity index (χ1v) is 7.26. The normalized spacial score (nSPS) is 8.11. The first-order valence-electron chi connectivity index (χ1n) is 7.26. The fourth-order valence-corrected chi connectivity index (χ4v) is 1.01. The van der Waals surface area contributed by atoms with E-state index in [0.29, 0.717) is 5.58 Å². The number of hydrogen-bond donors (Lipinski definition) is 0. The molecule has 2 rings (SSSR count). The molecule has 2 aromatic rings. The SMILES string of the molecule is CC.CC.CCCC.O=c1ccc2ccccc2o1. The molecule has 0 aliphatic rings. The van der Waals surface area contributed by atoms with Crippen molar-refractivity contribution in [1.82, 2.24) is 0 Å². The van der Waals surface area contributed by atoms with Gasteiger partial charge < -0.3 is 4.42 Å². The van der Waals surface area contributed by atoms with Crippen LogP contribution in [0.3, 0.4) is 0 Å². The average Bonchev–Trinajstić information content (AvgIpc) is 2.51. The Labute approximate surface area is 117 Å². The quantitative estimate of drug-likeness (QED) is 0.623. The van der Waals surface area contributed by atoms with Gasteiger partial charge in [0.15, 0.2) is 0 Å². The topological polar surface area (TPSA) is 30.2 Å². The van der Waals surface area contributed by atoms with E-state index in [0.717, 1.165) is 5.39 Å². The highest BCUT2D eigenvalue weighted by molar-refractivity contribution is 5.75. The van der Waals surface area contributed by atoms with E-state index in [1.807, 2.05) is 45.9 Å². The van der Waals surface area contributed by atoms with Gasteiger partial charge in [-0.15, -0.1) is 0 Å². The van der Waals surface area contributed by atoms with Crippen LogP contribution in [0.1, 0.15) is 54.4 Å². The molecule has 108 valence electrons. The third-order valence-electron chi connectivity index (χ3n) is 2.03. The van der Waals surface area contributed by atoms with Crippen molar-refractivity contribution in [3.63, 3.8) is 0 Å². The molecular formula is C17H28O2. The van der Waals surface area contributed by atoms with E-state index in [1.54, 1.807) is 12.1 Å². The molecule has 0 radical (unpaired) electrons. The van der Waals surface area contributed by atoms with Crippen molar-refractivity contribution in [2.24, 2.45) is 0 Å². The van der Waals surface area contributed by atoms with Gasteiger partial charge in [-0.05, 0) is 12.1 Å². The smallest absolute Gasteiger partial charge is 0.336 e. The minimum absolute atomic E-state index is 0.302. The van der Waals surface area contributed by atoms with Gasteiger partial charge in [0.2, 0.25) is 0 Å². The number of hydrogen-bond acceptors (Lipinski definition) is 2. The lowest BCUT2D eigenvalue weighted by Crippen LogP contribution is -1.93. The molecule has 0 amide bonds. The molecular weight excluding hydrogens is 236 g/mol. The minimum Gasteiger partial charge on any atom is -0.423 e. The maximum absolute atomic E-state index is 10.7. The molecule has 1 heterocycles. The third kappa shape index (κ3) is 9.06. The molecule has 0 aliphatic carbocycles. The second kappa shape index (κ2) is 14.5. The van der Waals surface area contributed by atoms with Crippen molar-refractivity contribution in [3.8, 4) is 0 Å². The molecule has 0 aliphatic heterocycles. The predicted molar refractivity (Wildman–Crippen MR) is 85.8 cm³/mol. The summed E-state index contributed by atoms with van der Waals surface area (Å²) in [5, 5.41) is 0.951. The Morgan fingerprint density at radius 2 is 1.37 bits per heavy atom. The summed E-state index contributed by atoms with van der Waals surface area (Å²) in [6.45, 7) is 12.4. The van der Waals surface area contributed by atoms with E-state index < -0.39 is 0 Å². The van der Waals surface area contributed by atoms with E-state index in [-0.39, 0.29) is 5.63 Å². The lowest BCUT2D eigenvalue weighted by molar-refractivity contribution is 0.561. The van der Waals surface area contributed by atoms with Gasteiger partial charge in [0.25, 0.3) is 0 Å². The number of unbranched alkanes of at least 4 members (excludes halogenated alkanes) is 1. The van der Waals surface area contributed by atoms with Crippen LogP contribution in [0, 0.1) is 0 Å². The van der Waals surface area contributed by atoms with E-state index in [2.05, 4.69) is 13.8 Å². The van der Waals surface area contributed by atoms with E-state index in [4.69, 9.17) is 4.42 Å². The number of benzene rings is 1. The summed E-state index contributed by atoms with van der Waals surface area (Å²) in [5.41, 5.74) is 0.337. The lowest BCUT2D eigenvalue weighted by Gasteiger charge is -1.91. The summed E-state index contributed by atoms with van der Waals surface area (Å²) in [5.74, 6) is 0. The van der Waals surface area contributed by atoms with Gasteiger partial charge in [0, 0.05) is 11.5 Å². The fourth-order valence-electron chi connectivity index (χ4n) is 1.01. The molecule has 1 aromatic heterocycles. The Morgan fingerprint density at radius 1 is 0.842 bits per heavy atom. The van der Waals surface area contributed by atoms with Crippen LogP contribution in [-0.2, 0) is 0 Å². The molecule has 0 N–H and O–H groups in total. The summed E-state index contributed by atoms with van der Waals surface area (Å²) in [6.07, 6.45) is 2.64. The Morgan fingerprint density at radius 3 is 1.89 bits per heavy atom. The van der Waals surface area contributed by atoms with Crippen LogP contribution in [0.15, 0.2) is 45.6 Å². The molecule has 0 bridgehead atoms. The molecule has 0 saturated heterocycles. The van der Waals surface area contributed by atoms with E-state index in [1.165, 1.54) is 18.9 Å². The largest absolute Gasteiger partial charge is 0.423 e. The van der Waals surface area contributed by atoms with Crippen LogP contribution in [-0.4, -0.2) is 0 Å². The molecule has 0 saturated carbocycles. The molecule has 0 spiro atoms. The first-order chi connectivity index (χ1) is 9.27. The van der Waals surface area contributed by atoms with Gasteiger partial charge in [0.05, 0.1) is 0 Å². The Bertz CT molecular complexity index is 456. The number of para-hydroxylation sites is 1. The van der Waals surface area contributed by atoms with Gasteiger partial charge in [-0.25, -0.2) is 4.79 Å². The third-order valence-corrected chi connectivity index (χ3v) is 2.03. The van der Waals surface area contributed by atoms with Crippen LogP contribution >= 0.6 is 0 Å². The molecule has 2 nitrogen and oxygen atoms in total. The van der Waals surface area contributed by atoms with Gasteiger partial charge in [0.1, 0.15) is 5.58 Å². The molecule has 2 heteroatoms. The minimum atomic E-state index is -0.302. The Balaban J connectivity index is 0. The fraction of sp³-hybridized carbons (Fsp3) is 0.471. The maximum atomic E-state index is 10.7. The first kappa shape index (κ1) is 19.8. The predicted octanol–water partition coefficient (Wildman–Crippen LogP) is 5.65. The summed E-state index contributed by atoms with van der Waals surface area (Å²) in [6, 6.07) is 10.6. The van der Waals surface area contributed by atoms with Crippen molar-refractivity contribution < 1.29 is 4.42 Å².